The monoisotopic (exact) mass is 423 g/mol. The summed E-state index contributed by atoms with van der Waals surface area (Å²) in [6, 6.07) is 13.1. The minimum Gasteiger partial charge on any atom is -0.467 e. The molecule has 0 saturated carbocycles. The predicted molar refractivity (Wildman–Crippen MR) is 118 cm³/mol. The average molecular weight is 424 g/mol. The van der Waals surface area contributed by atoms with Gasteiger partial charge < -0.3 is 15.1 Å². The Balaban J connectivity index is 1.40. The number of hydrogen-bond acceptors (Lipinski definition) is 5. The number of amides is 2. The first-order chi connectivity index (χ1) is 14.7. The van der Waals surface area contributed by atoms with E-state index < -0.39 is 0 Å². The zero-order valence-electron chi connectivity index (χ0n) is 16.9. The third kappa shape index (κ3) is 4.47. The molecule has 7 heteroatoms. The van der Waals surface area contributed by atoms with Gasteiger partial charge in [-0.3, -0.25) is 14.5 Å². The number of benzene rings is 1. The number of fused-ring (bicyclic) bond motifs is 1. The van der Waals surface area contributed by atoms with Crippen LogP contribution in [-0.2, 0) is 17.8 Å². The van der Waals surface area contributed by atoms with Crippen LogP contribution in [-0.4, -0.2) is 29.8 Å². The summed E-state index contributed by atoms with van der Waals surface area (Å²) >= 11 is 1.80. The first-order valence-electron chi connectivity index (χ1n) is 10.2. The van der Waals surface area contributed by atoms with E-state index in [-0.39, 0.29) is 17.9 Å². The van der Waals surface area contributed by atoms with E-state index in [9.17, 15) is 9.59 Å². The topological polar surface area (TPSA) is 74.6 Å². The van der Waals surface area contributed by atoms with E-state index in [1.165, 1.54) is 10.4 Å². The Kier molecular flexibility index (Phi) is 6.30. The summed E-state index contributed by atoms with van der Waals surface area (Å²) in [4.78, 5) is 29.1. The number of hydrogen-bond donors (Lipinski definition) is 2. The number of para-hydroxylation sites is 1. The number of carbonyl (C=O) groups is 2. The SMILES string of the molecule is CC[C@H]1c2ccsc2CCN1CC(=O)Nc1ccccc1C(=O)NCc1ccco1. The van der Waals surface area contributed by atoms with Crippen molar-refractivity contribution in [3.63, 3.8) is 0 Å². The highest BCUT2D eigenvalue weighted by atomic mass is 32.1. The molecule has 2 aromatic heterocycles. The van der Waals surface area contributed by atoms with Gasteiger partial charge in [0, 0.05) is 17.5 Å². The van der Waals surface area contributed by atoms with E-state index in [0.717, 1.165) is 19.4 Å². The first kappa shape index (κ1) is 20.4. The normalized spacial score (nSPS) is 16.1. The molecule has 0 unspecified atom stereocenters. The van der Waals surface area contributed by atoms with E-state index >= 15 is 0 Å². The Morgan fingerprint density at radius 2 is 2.07 bits per heavy atom. The highest BCUT2D eigenvalue weighted by molar-refractivity contribution is 7.10. The lowest BCUT2D eigenvalue weighted by Gasteiger charge is -2.34. The average Bonchev–Trinajstić information content (AvgIpc) is 3.44. The maximum Gasteiger partial charge on any atom is 0.253 e. The first-order valence-corrected chi connectivity index (χ1v) is 11.0. The second-order valence-corrected chi connectivity index (χ2v) is 8.30. The highest BCUT2D eigenvalue weighted by Gasteiger charge is 2.28. The van der Waals surface area contributed by atoms with Crippen LogP contribution in [0.1, 0.15) is 45.9 Å². The molecule has 0 aliphatic carbocycles. The van der Waals surface area contributed by atoms with Crippen LogP contribution in [0.25, 0.3) is 0 Å². The van der Waals surface area contributed by atoms with Gasteiger partial charge in [0.15, 0.2) is 0 Å². The molecular formula is C23H25N3O3S. The van der Waals surface area contributed by atoms with Gasteiger partial charge >= 0.3 is 0 Å². The Labute approximate surface area is 179 Å². The summed E-state index contributed by atoms with van der Waals surface area (Å²) in [7, 11) is 0. The van der Waals surface area contributed by atoms with Crippen molar-refractivity contribution in [2.24, 2.45) is 0 Å². The molecule has 0 fully saturated rings. The summed E-state index contributed by atoms with van der Waals surface area (Å²) < 4.78 is 5.25. The maximum absolute atomic E-state index is 12.8. The van der Waals surface area contributed by atoms with Crippen LogP contribution < -0.4 is 10.6 Å². The fraction of sp³-hybridized carbons (Fsp3) is 0.304. The smallest absolute Gasteiger partial charge is 0.253 e. The van der Waals surface area contributed by atoms with Crippen molar-refractivity contribution in [3.05, 3.63) is 75.9 Å². The standard InChI is InChI=1S/C23H25N3O3S/c1-2-20-18-10-13-30-21(18)9-11-26(20)15-22(27)25-19-8-4-3-7-17(19)23(28)24-14-16-6-5-12-29-16/h3-8,10,12-13,20H,2,9,11,14-15H2,1H3,(H,24,28)(H,25,27)/t20-/m0/s1. The molecule has 1 aliphatic heterocycles. The van der Waals surface area contributed by atoms with Crippen molar-refractivity contribution in [1.29, 1.82) is 0 Å². The van der Waals surface area contributed by atoms with Gasteiger partial charge in [0.2, 0.25) is 5.91 Å². The molecule has 0 spiro atoms. The summed E-state index contributed by atoms with van der Waals surface area (Å²) in [6.07, 6.45) is 3.50. The van der Waals surface area contributed by atoms with E-state index in [0.29, 0.717) is 30.1 Å². The summed E-state index contributed by atoms with van der Waals surface area (Å²) in [6.45, 7) is 3.62. The van der Waals surface area contributed by atoms with Crippen molar-refractivity contribution >= 4 is 28.8 Å². The van der Waals surface area contributed by atoms with Crippen LogP contribution in [0.2, 0.25) is 0 Å². The minimum absolute atomic E-state index is 0.113. The number of thiophene rings is 1. The summed E-state index contributed by atoms with van der Waals surface area (Å²) in [5.74, 6) is 0.307. The molecule has 3 aromatic rings. The number of nitrogens with zero attached hydrogens (tertiary/aromatic N) is 1. The van der Waals surface area contributed by atoms with Gasteiger partial charge in [0.25, 0.3) is 5.91 Å². The van der Waals surface area contributed by atoms with Crippen molar-refractivity contribution in [2.45, 2.75) is 32.4 Å². The molecule has 1 aliphatic rings. The highest BCUT2D eigenvalue weighted by Crippen LogP contribution is 2.34. The maximum atomic E-state index is 12.8. The lowest BCUT2D eigenvalue weighted by molar-refractivity contribution is -0.118. The number of furan rings is 1. The van der Waals surface area contributed by atoms with Gasteiger partial charge in [-0.1, -0.05) is 19.1 Å². The predicted octanol–water partition coefficient (Wildman–Crippen LogP) is 4.22. The lowest BCUT2D eigenvalue weighted by Crippen LogP contribution is -2.40. The van der Waals surface area contributed by atoms with Gasteiger partial charge in [-0.25, -0.2) is 0 Å². The molecule has 3 heterocycles. The van der Waals surface area contributed by atoms with E-state index in [1.807, 2.05) is 6.07 Å². The second-order valence-electron chi connectivity index (χ2n) is 7.30. The van der Waals surface area contributed by atoms with Crippen molar-refractivity contribution in [2.75, 3.05) is 18.4 Å². The summed E-state index contributed by atoms with van der Waals surface area (Å²) in [5.41, 5.74) is 2.29. The molecule has 0 bridgehead atoms. The molecule has 6 nitrogen and oxygen atoms in total. The largest absolute Gasteiger partial charge is 0.467 e. The van der Waals surface area contributed by atoms with Crippen LogP contribution in [0.15, 0.2) is 58.5 Å². The van der Waals surface area contributed by atoms with Gasteiger partial charge in [0.1, 0.15) is 5.76 Å². The Morgan fingerprint density at radius 1 is 1.20 bits per heavy atom. The molecule has 2 amide bonds. The van der Waals surface area contributed by atoms with Crippen molar-refractivity contribution in [3.8, 4) is 0 Å². The van der Waals surface area contributed by atoms with Crippen LogP contribution in [0.3, 0.4) is 0 Å². The Hall–Kier alpha value is -2.90. The molecule has 4 rings (SSSR count). The van der Waals surface area contributed by atoms with Crippen molar-refractivity contribution in [1.82, 2.24) is 10.2 Å². The van der Waals surface area contributed by atoms with Gasteiger partial charge in [0.05, 0.1) is 30.6 Å². The quantitative estimate of drug-likeness (QED) is 0.597. The molecule has 0 radical (unpaired) electrons. The number of carbonyl (C=O) groups excluding carboxylic acids is 2. The van der Waals surface area contributed by atoms with E-state index in [1.54, 1.807) is 47.9 Å². The summed E-state index contributed by atoms with van der Waals surface area (Å²) in [5, 5.41) is 7.89. The molecule has 30 heavy (non-hydrogen) atoms. The Bertz CT molecular complexity index is 1010. The van der Waals surface area contributed by atoms with Crippen LogP contribution in [0, 0.1) is 0 Å². The molecule has 156 valence electrons. The van der Waals surface area contributed by atoms with Crippen LogP contribution in [0.5, 0.6) is 0 Å². The second kappa shape index (κ2) is 9.28. The van der Waals surface area contributed by atoms with Crippen molar-refractivity contribution < 1.29 is 14.0 Å². The third-order valence-corrected chi connectivity index (χ3v) is 6.38. The third-order valence-electron chi connectivity index (χ3n) is 5.39. The van der Waals surface area contributed by atoms with E-state index in [2.05, 4.69) is 33.9 Å². The lowest BCUT2D eigenvalue weighted by atomic mass is 9.98. The Morgan fingerprint density at radius 3 is 2.87 bits per heavy atom. The number of nitrogens with one attached hydrogen (secondary N) is 2. The molecule has 1 atom stereocenters. The van der Waals surface area contributed by atoms with Gasteiger partial charge in [-0.05, 0) is 54.1 Å². The van der Waals surface area contributed by atoms with E-state index in [4.69, 9.17) is 4.42 Å². The zero-order valence-corrected chi connectivity index (χ0v) is 17.7. The zero-order chi connectivity index (χ0) is 20.9. The molecular weight excluding hydrogens is 398 g/mol. The van der Waals surface area contributed by atoms with Crippen LogP contribution >= 0.6 is 11.3 Å². The molecule has 0 saturated heterocycles. The minimum atomic E-state index is -0.255. The van der Waals surface area contributed by atoms with Gasteiger partial charge in [-0.2, -0.15) is 0 Å². The van der Waals surface area contributed by atoms with Crippen LogP contribution in [0.4, 0.5) is 5.69 Å². The fourth-order valence-corrected chi connectivity index (χ4v) is 4.88. The molecule has 1 aromatic carbocycles. The fourth-order valence-electron chi connectivity index (χ4n) is 3.96. The van der Waals surface area contributed by atoms with Gasteiger partial charge in [-0.15, -0.1) is 11.3 Å². The number of rotatable bonds is 7. The molecule has 2 N–H and O–H groups in total. The number of anilines is 1.